The van der Waals surface area contributed by atoms with Gasteiger partial charge in [0, 0.05) is 6.20 Å². The summed E-state index contributed by atoms with van der Waals surface area (Å²) in [5, 5.41) is 1.06. The van der Waals surface area contributed by atoms with Gasteiger partial charge in [-0.15, -0.1) is 0 Å². The Bertz CT molecular complexity index is 585. The number of hydrogen-bond acceptors (Lipinski definition) is 3. The molecule has 0 radical (unpaired) electrons. The Hall–Kier alpha value is -0.460. The first kappa shape index (κ1) is 14.9. The van der Waals surface area contributed by atoms with Gasteiger partial charge in [-0.25, -0.2) is 9.97 Å². The van der Waals surface area contributed by atoms with Gasteiger partial charge in [0.2, 0.25) is 0 Å². The van der Waals surface area contributed by atoms with E-state index >= 15 is 0 Å². The predicted octanol–water partition coefficient (Wildman–Crippen LogP) is 4.65. The standard InChI is InChI=1S/C13H12Cl2IN3/c1-7(2)5-10-11(16)12(15)19-13(18-10)9-4-3-8(14)6-17-9/h3-4,6-7H,5H2,1-2H3. The average molecular weight is 408 g/mol. The molecule has 0 saturated carbocycles. The van der Waals surface area contributed by atoms with Crippen LogP contribution in [0.4, 0.5) is 0 Å². The molecule has 0 atom stereocenters. The largest absolute Gasteiger partial charge is 0.251 e. The molecule has 0 aliphatic heterocycles. The molecule has 2 rings (SSSR count). The Morgan fingerprint density at radius 1 is 1.21 bits per heavy atom. The third-order valence-electron chi connectivity index (χ3n) is 2.44. The highest BCUT2D eigenvalue weighted by Gasteiger charge is 2.13. The monoisotopic (exact) mass is 407 g/mol. The summed E-state index contributed by atoms with van der Waals surface area (Å²) < 4.78 is 0.908. The van der Waals surface area contributed by atoms with E-state index in [2.05, 4.69) is 51.4 Å². The number of rotatable bonds is 3. The first-order chi connectivity index (χ1) is 8.97. The van der Waals surface area contributed by atoms with Crippen LogP contribution in [0.5, 0.6) is 0 Å². The highest BCUT2D eigenvalue weighted by atomic mass is 127. The van der Waals surface area contributed by atoms with Crippen molar-refractivity contribution in [3.63, 3.8) is 0 Å². The molecule has 0 amide bonds. The second-order valence-corrected chi connectivity index (χ2v) is 6.43. The number of hydrogen-bond donors (Lipinski definition) is 0. The molecule has 0 aliphatic carbocycles. The normalized spacial score (nSPS) is 11.1. The van der Waals surface area contributed by atoms with Crippen molar-refractivity contribution < 1.29 is 0 Å². The van der Waals surface area contributed by atoms with E-state index in [0.717, 1.165) is 15.7 Å². The number of nitrogens with zero attached hydrogens (tertiary/aromatic N) is 3. The molecular weight excluding hydrogens is 396 g/mol. The maximum absolute atomic E-state index is 6.17. The van der Waals surface area contributed by atoms with E-state index < -0.39 is 0 Å². The highest BCUT2D eigenvalue weighted by molar-refractivity contribution is 14.1. The van der Waals surface area contributed by atoms with Gasteiger partial charge in [-0.05, 0) is 47.1 Å². The number of pyridine rings is 1. The molecule has 2 aromatic rings. The van der Waals surface area contributed by atoms with Crippen LogP contribution in [-0.2, 0) is 6.42 Å². The van der Waals surface area contributed by atoms with Gasteiger partial charge in [-0.1, -0.05) is 37.0 Å². The third-order valence-corrected chi connectivity index (χ3v) is 4.39. The molecule has 0 fully saturated rings. The zero-order chi connectivity index (χ0) is 14.0. The van der Waals surface area contributed by atoms with E-state index in [1.807, 2.05) is 0 Å². The van der Waals surface area contributed by atoms with E-state index in [9.17, 15) is 0 Å². The molecule has 0 aromatic carbocycles. The minimum absolute atomic E-state index is 0.470. The summed E-state index contributed by atoms with van der Waals surface area (Å²) in [6.45, 7) is 4.29. The number of aromatic nitrogens is 3. The van der Waals surface area contributed by atoms with Crippen molar-refractivity contribution in [2.45, 2.75) is 20.3 Å². The lowest BCUT2D eigenvalue weighted by Crippen LogP contribution is -2.05. The molecule has 0 saturated heterocycles. The lowest BCUT2D eigenvalue weighted by molar-refractivity contribution is 0.632. The molecule has 100 valence electrons. The number of halogens is 3. The van der Waals surface area contributed by atoms with Crippen molar-refractivity contribution in [1.82, 2.24) is 15.0 Å². The van der Waals surface area contributed by atoms with Gasteiger partial charge in [0.25, 0.3) is 0 Å². The maximum atomic E-state index is 6.17. The molecule has 0 aliphatic rings. The Kier molecular flexibility index (Phi) is 4.97. The fourth-order valence-corrected chi connectivity index (χ4v) is 2.37. The van der Waals surface area contributed by atoms with Crippen LogP contribution in [-0.4, -0.2) is 15.0 Å². The minimum Gasteiger partial charge on any atom is -0.251 e. The van der Waals surface area contributed by atoms with Crippen LogP contribution >= 0.6 is 45.8 Å². The van der Waals surface area contributed by atoms with Crippen molar-refractivity contribution >= 4 is 45.8 Å². The third kappa shape index (κ3) is 3.77. The summed E-state index contributed by atoms with van der Waals surface area (Å²) in [5.41, 5.74) is 1.63. The highest BCUT2D eigenvalue weighted by Crippen LogP contribution is 2.25. The van der Waals surface area contributed by atoms with E-state index in [1.54, 1.807) is 18.3 Å². The Morgan fingerprint density at radius 2 is 1.95 bits per heavy atom. The van der Waals surface area contributed by atoms with Gasteiger partial charge in [0.05, 0.1) is 14.3 Å². The molecular formula is C13H12Cl2IN3. The van der Waals surface area contributed by atoms with Crippen LogP contribution in [0.3, 0.4) is 0 Å². The molecule has 0 N–H and O–H groups in total. The Morgan fingerprint density at radius 3 is 2.53 bits per heavy atom. The van der Waals surface area contributed by atoms with Crippen LogP contribution in [0.2, 0.25) is 10.2 Å². The van der Waals surface area contributed by atoms with Crippen LogP contribution in [0.15, 0.2) is 18.3 Å². The molecule has 0 unspecified atom stereocenters. The summed E-state index contributed by atoms with van der Waals surface area (Å²) in [6, 6.07) is 3.56. The van der Waals surface area contributed by atoms with E-state index in [1.165, 1.54) is 0 Å². The van der Waals surface area contributed by atoms with Gasteiger partial charge < -0.3 is 0 Å². The summed E-state index contributed by atoms with van der Waals surface area (Å²) in [7, 11) is 0. The molecule has 2 aromatic heterocycles. The maximum Gasteiger partial charge on any atom is 0.179 e. The van der Waals surface area contributed by atoms with E-state index in [4.69, 9.17) is 23.2 Å². The molecule has 6 heteroatoms. The smallest absolute Gasteiger partial charge is 0.179 e. The van der Waals surface area contributed by atoms with Crippen LogP contribution < -0.4 is 0 Å². The lowest BCUT2D eigenvalue weighted by Gasteiger charge is -2.09. The fraction of sp³-hybridized carbons (Fsp3) is 0.308. The van der Waals surface area contributed by atoms with Gasteiger partial charge >= 0.3 is 0 Å². The molecule has 0 spiro atoms. The molecule has 0 bridgehead atoms. The van der Waals surface area contributed by atoms with Crippen LogP contribution in [0.1, 0.15) is 19.5 Å². The molecule has 2 heterocycles. The van der Waals surface area contributed by atoms with Crippen LogP contribution in [0.25, 0.3) is 11.5 Å². The van der Waals surface area contributed by atoms with Gasteiger partial charge in [-0.3, -0.25) is 4.98 Å². The quantitative estimate of drug-likeness (QED) is 0.549. The average Bonchev–Trinajstić information content (AvgIpc) is 2.35. The van der Waals surface area contributed by atoms with Crippen molar-refractivity contribution in [2.24, 2.45) is 5.92 Å². The van der Waals surface area contributed by atoms with Gasteiger partial charge in [-0.2, -0.15) is 0 Å². The second kappa shape index (κ2) is 6.33. The zero-order valence-electron chi connectivity index (χ0n) is 10.5. The van der Waals surface area contributed by atoms with Crippen molar-refractivity contribution in [2.75, 3.05) is 0 Å². The fourth-order valence-electron chi connectivity index (χ4n) is 1.61. The first-order valence-electron chi connectivity index (χ1n) is 5.81. The minimum atomic E-state index is 0.470. The first-order valence-corrected chi connectivity index (χ1v) is 7.64. The predicted molar refractivity (Wildman–Crippen MR) is 86.5 cm³/mol. The summed E-state index contributed by atoms with van der Waals surface area (Å²) in [4.78, 5) is 13.1. The summed E-state index contributed by atoms with van der Waals surface area (Å²) in [5.74, 6) is 1.04. The topological polar surface area (TPSA) is 38.7 Å². The second-order valence-electron chi connectivity index (χ2n) is 4.56. The summed E-state index contributed by atoms with van der Waals surface area (Å²) in [6.07, 6.45) is 2.44. The van der Waals surface area contributed by atoms with Crippen LogP contribution in [0, 0.1) is 9.49 Å². The van der Waals surface area contributed by atoms with E-state index in [-0.39, 0.29) is 0 Å². The van der Waals surface area contributed by atoms with Crippen molar-refractivity contribution in [3.05, 3.63) is 37.8 Å². The van der Waals surface area contributed by atoms with E-state index in [0.29, 0.717) is 27.6 Å². The van der Waals surface area contributed by atoms with Crippen molar-refractivity contribution in [3.8, 4) is 11.5 Å². The van der Waals surface area contributed by atoms with Crippen molar-refractivity contribution in [1.29, 1.82) is 0 Å². The molecule has 19 heavy (non-hydrogen) atoms. The Labute approximate surface area is 135 Å². The molecule has 3 nitrogen and oxygen atoms in total. The Balaban J connectivity index is 2.46. The SMILES string of the molecule is CC(C)Cc1nc(-c2ccc(Cl)cn2)nc(Cl)c1I. The lowest BCUT2D eigenvalue weighted by atomic mass is 10.1. The summed E-state index contributed by atoms with van der Waals surface area (Å²) >= 11 is 14.2. The zero-order valence-corrected chi connectivity index (χ0v) is 14.2. The van der Waals surface area contributed by atoms with Gasteiger partial charge in [0.1, 0.15) is 10.8 Å². The van der Waals surface area contributed by atoms with Gasteiger partial charge in [0.15, 0.2) is 5.82 Å².